The number of hydrogen-bond donors (Lipinski definition) is 1. The Labute approximate surface area is 106 Å². The van der Waals surface area contributed by atoms with Crippen molar-refractivity contribution in [1.29, 1.82) is 0 Å². The molecule has 2 rings (SSSR count). The van der Waals surface area contributed by atoms with Crippen LogP contribution in [0, 0.1) is 0 Å². The number of likely N-dealkylation sites (N-methyl/N-ethyl adjacent to an activating group) is 1. The summed E-state index contributed by atoms with van der Waals surface area (Å²) in [5.41, 5.74) is 2.24. The molecule has 0 spiro atoms. The molecular weight excluding hydrogens is 226 g/mol. The molecule has 0 saturated carbocycles. The summed E-state index contributed by atoms with van der Waals surface area (Å²) in [5, 5.41) is 6.92. The molecule has 0 atom stereocenters. The van der Waals surface area contributed by atoms with Gasteiger partial charge in [0.1, 0.15) is 5.69 Å². The van der Waals surface area contributed by atoms with Gasteiger partial charge in [0.05, 0.1) is 5.69 Å². The van der Waals surface area contributed by atoms with E-state index in [1.807, 2.05) is 30.3 Å². The third kappa shape index (κ3) is 2.48. The van der Waals surface area contributed by atoms with Gasteiger partial charge in [0.15, 0.2) is 0 Å². The molecule has 1 aromatic heterocycles. The molecule has 1 amide bonds. The molecular formula is C14H15N3O. The van der Waals surface area contributed by atoms with Crippen molar-refractivity contribution in [1.82, 2.24) is 15.1 Å². The first kappa shape index (κ1) is 12.1. The quantitative estimate of drug-likeness (QED) is 0.835. The summed E-state index contributed by atoms with van der Waals surface area (Å²) in [4.78, 5) is 13.6. The molecule has 92 valence electrons. The van der Waals surface area contributed by atoms with E-state index in [1.165, 1.54) is 0 Å². The molecule has 0 aliphatic carbocycles. The van der Waals surface area contributed by atoms with Gasteiger partial charge in [-0.05, 0) is 6.07 Å². The number of carbonyl (C=O) groups excluding carboxylic acids is 1. The Morgan fingerprint density at radius 3 is 2.83 bits per heavy atom. The number of nitrogens with zero attached hydrogens (tertiary/aromatic N) is 2. The number of aromatic amines is 1. The summed E-state index contributed by atoms with van der Waals surface area (Å²) in [6.45, 7) is 4.12. The molecule has 0 unspecified atom stereocenters. The van der Waals surface area contributed by atoms with E-state index in [2.05, 4.69) is 16.8 Å². The zero-order valence-corrected chi connectivity index (χ0v) is 10.3. The highest BCUT2D eigenvalue weighted by atomic mass is 16.2. The van der Waals surface area contributed by atoms with Crippen molar-refractivity contribution in [3.63, 3.8) is 0 Å². The average Bonchev–Trinajstić information content (AvgIpc) is 2.89. The van der Waals surface area contributed by atoms with Crippen molar-refractivity contribution < 1.29 is 4.79 Å². The fourth-order valence-electron chi connectivity index (χ4n) is 1.67. The number of H-pyrrole nitrogens is 1. The highest BCUT2D eigenvalue weighted by Crippen LogP contribution is 2.17. The molecule has 0 bridgehead atoms. The van der Waals surface area contributed by atoms with Crippen molar-refractivity contribution in [2.75, 3.05) is 13.6 Å². The number of rotatable bonds is 4. The molecule has 0 saturated heterocycles. The minimum absolute atomic E-state index is 0.0930. The summed E-state index contributed by atoms with van der Waals surface area (Å²) in [7, 11) is 1.73. The Morgan fingerprint density at radius 1 is 1.44 bits per heavy atom. The van der Waals surface area contributed by atoms with Gasteiger partial charge in [0.25, 0.3) is 5.91 Å². The maximum Gasteiger partial charge on any atom is 0.271 e. The number of benzene rings is 1. The van der Waals surface area contributed by atoms with Crippen LogP contribution < -0.4 is 0 Å². The SMILES string of the molecule is C=CCN(C)C(=O)c1cc(-c2ccccc2)n[nH]1. The summed E-state index contributed by atoms with van der Waals surface area (Å²) < 4.78 is 0. The van der Waals surface area contributed by atoms with Crippen molar-refractivity contribution >= 4 is 5.91 Å². The lowest BCUT2D eigenvalue weighted by Gasteiger charge is -2.12. The lowest BCUT2D eigenvalue weighted by Crippen LogP contribution is -2.26. The minimum Gasteiger partial charge on any atom is -0.337 e. The number of amides is 1. The lowest BCUT2D eigenvalue weighted by molar-refractivity contribution is 0.0804. The van der Waals surface area contributed by atoms with Crippen molar-refractivity contribution in [2.24, 2.45) is 0 Å². The zero-order chi connectivity index (χ0) is 13.0. The van der Waals surface area contributed by atoms with Gasteiger partial charge in [0.2, 0.25) is 0 Å². The largest absolute Gasteiger partial charge is 0.337 e. The van der Waals surface area contributed by atoms with Gasteiger partial charge < -0.3 is 4.90 Å². The fraction of sp³-hybridized carbons (Fsp3) is 0.143. The molecule has 2 aromatic rings. The van der Waals surface area contributed by atoms with Gasteiger partial charge in [0, 0.05) is 19.2 Å². The normalized spacial score (nSPS) is 10.1. The highest BCUT2D eigenvalue weighted by Gasteiger charge is 2.14. The third-order valence-electron chi connectivity index (χ3n) is 2.63. The van der Waals surface area contributed by atoms with Crippen molar-refractivity contribution in [3.8, 4) is 11.3 Å². The predicted molar refractivity (Wildman–Crippen MR) is 71.2 cm³/mol. The van der Waals surface area contributed by atoms with Crippen molar-refractivity contribution in [2.45, 2.75) is 0 Å². The maximum atomic E-state index is 12.0. The summed E-state index contributed by atoms with van der Waals surface area (Å²) in [5.74, 6) is -0.0930. The number of hydrogen-bond acceptors (Lipinski definition) is 2. The standard InChI is InChI=1S/C14H15N3O/c1-3-9-17(2)14(18)13-10-12(15-16-13)11-7-5-4-6-8-11/h3-8,10H,1,9H2,2H3,(H,15,16). The number of nitrogens with one attached hydrogen (secondary N) is 1. The first-order chi connectivity index (χ1) is 8.72. The van der Waals surface area contributed by atoms with Gasteiger partial charge in [-0.1, -0.05) is 36.4 Å². The smallest absolute Gasteiger partial charge is 0.271 e. The van der Waals surface area contributed by atoms with Crippen LogP contribution in [-0.4, -0.2) is 34.6 Å². The van der Waals surface area contributed by atoms with E-state index in [9.17, 15) is 4.79 Å². The molecule has 4 heteroatoms. The van der Waals surface area contributed by atoms with Crippen LogP contribution in [0.1, 0.15) is 10.5 Å². The Kier molecular flexibility index (Phi) is 3.57. The van der Waals surface area contributed by atoms with Crippen LogP contribution in [0.5, 0.6) is 0 Å². The first-order valence-electron chi connectivity index (χ1n) is 5.69. The third-order valence-corrected chi connectivity index (χ3v) is 2.63. The van der Waals surface area contributed by atoms with Crippen LogP contribution in [-0.2, 0) is 0 Å². The Hall–Kier alpha value is -2.36. The van der Waals surface area contributed by atoms with Crippen LogP contribution in [0.3, 0.4) is 0 Å². The van der Waals surface area contributed by atoms with Gasteiger partial charge in [-0.2, -0.15) is 5.10 Å². The maximum absolute atomic E-state index is 12.0. The van der Waals surface area contributed by atoms with Crippen LogP contribution in [0.4, 0.5) is 0 Å². The Morgan fingerprint density at radius 2 is 2.17 bits per heavy atom. The monoisotopic (exact) mass is 241 g/mol. The van der Waals surface area contributed by atoms with Crippen molar-refractivity contribution in [3.05, 3.63) is 54.7 Å². The molecule has 4 nitrogen and oxygen atoms in total. The fourth-order valence-corrected chi connectivity index (χ4v) is 1.67. The molecule has 0 aliphatic heterocycles. The molecule has 1 heterocycles. The summed E-state index contributed by atoms with van der Waals surface area (Å²) in [6.07, 6.45) is 1.69. The second-order valence-corrected chi connectivity index (χ2v) is 4.01. The molecule has 0 aliphatic rings. The lowest BCUT2D eigenvalue weighted by atomic mass is 10.1. The van der Waals surface area contributed by atoms with E-state index in [-0.39, 0.29) is 5.91 Å². The molecule has 18 heavy (non-hydrogen) atoms. The van der Waals surface area contributed by atoms with Gasteiger partial charge in [-0.25, -0.2) is 0 Å². The van der Waals surface area contributed by atoms with Gasteiger partial charge >= 0.3 is 0 Å². The molecule has 1 N–H and O–H groups in total. The van der Waals surface area contributed by atoms with Crippen LogP contribution >= 0.6 is 0 Å². The van der Waals surface area contributed by atoms with Gasteiger partial charge in [-0.3, -0.25) is 9.89 Å². The van der Waals surface area contributed by atoms with E-state index in [4.69, 9.17) is 0 Å². The predicted octanol–water partition coefficient (Wildman–Crippen LogP) is 2.33. The summed E-state index contributed by atoms with van der Waals surface area (Å²) in [6, 6.07) is 11.5. The first-order valence-corrected chi connectivity index (χ1v) is 5.69. The minimum atomic E-state index is -0.0930. The summed E-state index contributed by atoms with van der Waals surface area (Å²) >= 11 is 0. The second kappa shape index (κ2) is 5.31. The van der Waals surface area contributed by atoms with E-state index < -0.39 is 0 Å². The molecule has 0 radical (unpaired) electrons. The molecule has 1 aromatic carbocycles. The molecule has 0 fully saturated rings. The zero-order valence-electron chi connectivity index (χ0n) is 10.3. The van der Waals surface area contributed by atoms with Crippen LogP contribution in [0.2, 0.25) is 0 Å². The van der Waals surface area contributed by atoms with E-state index in [1.54, 1.807) is 24.1 Å². The van der Waals surface area contributed by atoms with E-state index in [0.717, 1.165) is 11.3 Å². The number of aromatic nitrogens is 2. The van der Waals surface area contributed by atoms with Crippen LogP contribution in [0.15, 0.2) is 49.1 Å². The number of carbonyl (C=O) groups is 1. The van der Waals surface area contributed by atoms with E-state index >= 15 is 0 Å². The second-order valence-electron chi connectivity index (χ2n) is 4.01. The Bertz CT molecular complexity index is 545. The van der Waals surface area contributed by atoms with Crippen LogP contribution in [0.25, 0.3) is 11.3 Å². The van der Waals surface area contributed by atoms with Gasteiger partial charge in [-0.15, -0.1) is 6.58 Å². The highest BCUT2D eigenvalue weighted by molar-refractivity contribution is 5.93. The van der Waals surface area contributed by atoms with E-state index in [0.29, 0.717) is 12.2 Å². The topological polar surface area (TPSA) is 49.0 Å². The average molecular weight is 241 g/mol. The Balaban J connectivity index is 2.21.